The summed E-state index contributed by atoms with van der Waals surface area (Å²) in [5.41, 5.74) is -0.179. The van der Waals surface area contributed by atoms with E-state index in [9.17, 15) is 12.8 Å². The fourth-order valence-electron chi connectivity index (χ4n) is 1.82. The second kappa shape index (κ2) is 5.36. The Labute approximate surface area is 132 Å². The molecule has 0 aliphatic heterocycles. The lowest BCUT2D eigenvalue weighted by Crippen LogP contribution is -2.13. The van der Waals surface area contributed by atoms with Crippen LogP contribution >= 0.6 is 27.3 Å². The highest BCUT2D eigenvalue weighted by Crippen LogP contribution is 2.39. The molecule has 0 bridgehead atoms. The summed E-state index contributed by atoms with van der Waals surface area (Å²) < 4.78 is 42.0. The van der Waals surface area contributed by atoms with Crippen LogP contribution in [0.1, 0.15) is 0 Å². The van der Waals surface area contributed by atoms with Gasteiger partial charge in [-0.25, -0.2) is 13.4 Å². The van der Waals surface area contributed by atoms with Crippen LogP contribution in [0.4, 0.5) is 10.1 Å². The van der Waals surface area contributed by atoms with Gasteiger partial charge in [0.25, 0.3) is 10.0 Å². The maximum absolute atomic E-state index is 13.5. The zero-order chi connectivity index (χ0) is 15.0. The van der Waals surface area contributed by atoms with Gasteiger partial charge in [-0.15, -0.1) is 11.3 Å². The van der Waals surface area contributed by atoms with Gasteiger partial charge < -0.3 is 0 Å². The van der Waals surface area contributed by atoms with Gasteiger partial charge in [-0.2, -0.15) is 4.39 Å². The molecule has 1 N–H and O–H groups in total. The largest absolute Gasteiger partial charge is 0.274 e. The van der Waals surface area contributed by atoms with Crippen molar-refractivity contribution in [2.75, 3.05) is 4.72 Å². The highest BCUT2D eigenvalue weighted by Gasteiger charge is 2.23. The molecule has 4 nitrogen and oxygen atoms in total. The van der Waals surface area contributed by atoms with E-state index in [4.69, 9.17) is 0 Å². The van der Waals surface area contributed by atoms with E-state index in [1.165, 1.54) is 18.3 Å². The number of sulfonamides is 1. The third-order valence-corrected chi connectivity index (χ3v) is 7.16. The van der Waals surface area contributed by atoms with E-state index in [0.717, 1.165) is 21.4 Å². The Hall–Kier alpha value is -1.51. The Balaban J connectivity index is 2.09. The minimum atomic E-state index is -3.89. The van der Waals surface area contributed by atoms with E-state index in [1.807, 2.05) is 24.3 Å². The standard InChI is InChI=1S/C13H8BrFN2O2S2/c14-11-8-4-1-2-6-10(8)20-13(11)21(18,19)17-9-5-3-7-16-12(9)15/h1-7,17H. The van der Waals surface area contributed by atoms with E-state index in [-0.39, 0.29) is 9.90 Å². The molecule has 0 aliphatic carbocycles. The predicted molar refractivity (Wildman–Crippen MR) is 84.5 cm³/mol. The SMILES string of the molecule is O=S(=O)(Nc1cccnc1F)c1sc2ccccc2c1Br. The molecule has 0 aliphatic rings. The van der Waals surface area contributed by atoms with Gasteiger partial charge in [0.05, 0.1) is 4.47 Å². The van der Waals surface area contributed by atoms with Crippen molar-refractivity contribution in [3.05, 3.63) is 53.0 Å². The highest BCUT2D eigenvalue weighted by atomic mass is 79.9. The first-order chi connectivity index (χ1) is 9.99. The fraction of sp³-hybridized carbons (Fsp3) is 0. The van der Waals surface area contributed by atoms with E-state index in [1.54, 1.807) is 0 Å². The van der Waals surface area contributed by atoms with Gasteiger partial charge in [-0.1, -0.05) is 18.2 Å². The Morgan fingerprint density at radius 2 is 1.95 bits per heavy atom. The summed E-state index contributed by atoms with van der Waals surface area (Å²) in [6, 6.07) is 10.1. The van der Waals surface area contributed by atoms with E-state index in [0.29, 0.717) is 4.47 Å². The van der Waals surface area contributed by atoms with Crippen molar-refractivity contribution < 1.29 is 12.8 Å². The summed E-state index contributed by atoms with van der Waals surface area (Å²) >= 11 is 4.42. The number of thiophene rings is 1. The summed E-state index contributed by atoms with van der Waals surface area (Å²) in [4.78, 5) is 3.42. The van der Waals surface area contributed by atoms with Crippen LogP contribution in [-0.4, -0.2) is 13.4 Å². The molecule has 1 aromatic carbocycles. The molecule has 0 spiro atoms. The van der Waals surface area contributed by atoms with Crippen LogP contribution in [0, 0.1) is 5.95 Å². The van der Waals surface area contributed by atoms with Crippen LogP contribution in [0.3, 0.4) is 0 Å². The first-order valence-corrected chi connectivity index (χ1v) is 8.88. The fourth-order valence-corrected chi connectivity index (χ4v) is 5.72. The van der Waals surface area contributed by atoms with Crippen molar-refractivity contribution in [2.24, 2.45) is 0 Å². The molecule has 0 fully saturated rings. The molecule has 3 aromatic rings. The number of halogens is 2. The minimum Gasteiger partial charge on any atom is -0.274 e. The van der Waals surface area contributed by atoms with Crippen molar-refractivity contribution >= 4 is 53.1 Å². The molecule has 2 aromatic heterocycles. The quantitative estimate of drug-likeness (QED) is 0.692. The summed E-state index contributed by atoms with van der Waals surface area (Å²) in [7, 11) is -3.89. The van der Waals surface area contributed by atoms with Crippen molar-refractivity contribution in [1.29, 1.82) is 0 Å². The lowest BCUT2D eigenvalue weighted by Gasteiger charge is -2.06. The summed E-state index contributed by atoms with van der Waals surface area (Å²) in [6.07, 6.45) is 1.25. The third kappa shape index (κ3) is 2.66. The molecule has 0 saturated heterocycles. The number of hydrogen-bond acceptors (Lipinski definition) is 4. The first kappa shape index (κ1) is 14.4. The number of hydrogen-bond donors (Lipinski definition) is 1. The van der Waals surface area contributed by atoms with Crippen molar-refractivity contribution in [3.63, 3.8) is 0 Å². The van der Waals surface area contributed by atoms with Gasteiger partial charge in [0.15, 0.2) is 4.21 Å². The third-order valence-electron chi connectivity index (χ3n) is 2.75. The van der Waals surface area contributed by atoms with Gasteiger partial charge in [0.2, 0.25) is 5.95 Å². The number of rotatable bonds is 3. The molecular formula is C13H8BrFN2O2S2. The Morgan fingerprint density at radius 1 is 1.19 bits per heavy atom. The van der Waals surface area contributed by atoms with Crippen molar-refractivity contribution in [2.45, 2.75) is 4.21 Å². The lowest BCUT2D eigenvalue weighted by molar-refractivity contribution is 0.584. The summed E-state index contributed by atoms with van der Waals surface area (Å²) in [5, 5.41) is 0.800. The van der Waals surface area contributed by atoms with E-state index >= 15 is 0 Å². The molecule has 2 heterocycles. The average molecular weight is 387 g/mol. The van der Waals surface area contributed by atoms with Crippen molar-refractivity contribution in [1.82, 2.24) is 4.98 Å². The van der Waals surface area contributed by atoms with Gasteiger partial charge >= 0.3 is 0 Å². The molecule has 3 rings (SSSR count). The molecular weight excluding hydrogens is 379 g/mol. The van der Waals surface area contributed by atoms with Crippen LogP contribution in [0.2, 0.25) is 0 Å². The van der Waals surface area contributed by atoms with Gasteiger partial charge in [0, 0.05) is 16.3 Å². The zero-order valence-corrected chi connectivity index (χ0v) is 13.6. The normalized spacial score (nSPS) is 11.7. The molecule has 8 heteroatoms. The van der Waals surface area contributed by atoms with Crippen LogP contribution < -0.4 is 4.72 Å². The topological polar surface area (TPSA) is 59.1 Å². The lowest BCUT2D eigenvalue weighted by atomic mass is 10.3. The van der Waals surface area contributed by atoms with Gasteiger partial charge in [-0.3, -0.25) is 4.72 Å². The maximum Gasteiger partial charge on any atom is 0.272 e. The van der Waals surface area contributed by atoms with E-state index in [2.05, 4.69) is 25.6 Å². The predicted octanol–water partition coefficient (Wildman–Crippen LogP) is 4.00. The number of aromatic nitrogens is 1. The molecule has 21 heavy (non-hydrogen) atoms. The second-order valence-corrected chi connectivity index (χ2v) is 7.87. The zero-order valence-electron chi connectivity index (χ0n) is 10.4. The smallest absolute Gasteiger partial charge is 0.272 e. The number of fused-ring (bicyclic) bond motifs is 1. The Bertz CT molecular complexity index is 925. The van der Waals surface area contributed by atoms with Crippen LogP contribution in [0.15, 0.2) is 51.3 Å². The number of pyridine rings is 1. The molecule has 0 atom stereocenters. The average Bonchev–Trinajstić information content (AvgIpc) is 2.80. The monoisotopic (exact) mass is 386 g/mol. The minimum absolute atomic E-state index is 0.104. The number of anilines is 1. The maximum atomic E-state index is 13.5. The highest BCUT2D eigenvalue weighted by molar-refractivity contribution is 9.10. The van der Waals surface area contributed by atoms with E-state index < -0.39 is 16.0 Å². The van der Waals surface area contributed by atoms with Crippen LogP contribution in [0.5, 0.6) is 0 Å². The molecule has 108 valence electrons. The van der Waals surface area contributed by atoms with Gasteiger partial charge in [0.1, 0.15) is 5.69 Å². The van der Waals surface area contributed by atoms with Crippen LogP contribution in [0.25, 0.3) is 10.1 Å². The Morgan fingerprint density at radius 3 is 2.67 bits per heavy atom. The summed E-state index contributed by atoms with van der Waals surface area (Å²) in [6.45, 7) is 0. The molecule has 0 radical (unpaired) electrons. The first-order valence-electron chi connectivity index (χ1n) is 5.79. The Kier molecular flexibility index (Phi) is 3.68. The van der Waals surface area contributed by atoms with Crippen molar-refractivity contribution in [3.8, 4) is 0 Å². The number of nitrogens with one attached hydrogen (secondary N) is 1. The molecule has 0 amide bonds. The van der Waals surface area contributed by atoms with Gasteiger partial charge in [-0.05, 0) is 34.1 Å². The molecule has 0 saturated carbocycles. The number of benzene rings is 1. The van der Waals surface area contributed by atoms with Crippen LogP contribution in [-0.2, 0) is 10.0 Å². The molecule has 0 unspecified atom stereocenters. The second-order valence-electron chi connectivity index (χ2n) is 4.15. The summed E-state index contributed by atoms with van der Waals surface area (Å²) in [5.74, 6) is -0.863. The number of nitrogens with zero attached hydrogens (tertiary/aromatic N) is 1.